The van der Waals surface area contributed by atoms with Gasteiger partial charge in [0.2, 0.25) is 0 Å². The van der Waals surface area contributed by atoms with Crippen LogP contribution in [-0.2, 0) is 11.8 Å². The van der Waals surface area contributed by atoms with Gasteiger partial charge in [-0.15, -0.1) is 0 Å². The van der Waals surface area contributed by atoms with Crippen LogP contribution in [0, 0.1) is 11.2 Å². The summed E-state index contributed by atoms with van der Waals surface area (Å²) in [5.41, 5.74) is 3.58. The van der Waals surface area contributed by atoms with Crippen LogP contribution in [0.4, 0.5) is 4.39 Å². The predicted octanol–water partition coefficient (Wildman–Crippen LogP) is 4.56. The molecule has 0 fully saturated rings. The first-order valence-corrected chi connectivity index (χ1v) is 6.60. The number of aromatic nitrogens is 1. The zero-order valence-electron chi connectivity index (χ0n) is 11.5. The van der Waals surface area contributed by atoms with Crippen LogP contribution in [-0.4, -0.2) is 4.98 Å². The number of rotatable bonds is 0. The lowest BCUT2D eigenvalue weighted by molar-refractivity contribution is 0.231. The molecule has 1 N–H and O–H groups in total. The fraction of sp³-hybridized carbons (Fsp3) is 0.500. The standard InChI is InChI=1S/C16H20FN/c1-15(2)8-12-13(16(3,4)9-15)10-6-5-7-11(17)14(10)18-12/h5-7,18H,8-9H2,1-4H3. The van der Waals surface area contributed by atoms with Gasteiger partial charge in [0.05, 0.1) is 5.52 Å². The third kappa shape index (κ3) is 1.58. The summed E-state index contributed by atoms with van der Waals surface area (Å²) >= 11 is 0. The zero-order chi connectivity index (χ0) is 13.1. The summed E-state index contributed by atoms with van der Waals surface area (Å²) in [7, 11) is 0. The van der Waals surface area contributed by atoms with Gasteiger partial charge in [-0.2, -0.15) is 0 Å². The Hall–Kier alpha value is -1.31. The summed E-state index contributed by atoms with van der Waals surface area (Å²) in [6, 6.07) is 5.37. The van der Waals surface area contributed by atoms with Gasteiger partial charge in [0.15, 0.2) is 0 Å². The van der Waals surface area contributed by atoms with Crippen molar-refractivity contribution in [3.8, 4) is 0 Å². The highest BCUT2D eigenvalue weighted by molar-refractivity contribution is 5.86. The Bertz CT molecular complexity index is 619. The number of halogens is 1. The molecule has 1 heterocycles. The lowest BCUT2D eigenvalue weighted by Crippen LogP contribution is -2.34. The Balaban J connectivity index is 2.34. The van der Waals surface area contributed by atoms with E-state index in [2.05, 4.69) is 32.7 Å². The highest BCUT2D eigenvalue weighted by Gasteiger charge is 2.39. The Labute approximate surface area is 107 Å². The van der Waals surface area contributed by atoms with Gasteiger partial charge >= 0.3 is 0 Å². The summed E-state index contributed by atoms with van der Waals surface area (Å²) in [5.74, 6) is -0.143. The Kier molecular flexibility index (Phi) is 2.20. The molecule has 0 radical (unpaired) electrons. The average Bonchev–Trinajstić information content (AvgIpc) is 2.54. The number of H-pyrrole nitrogens is 1. The van der Waals surface area contributed by atoms with Crippen LogP contribution in [0.15, 0.2) is 18.2 Å². The van der Waals surface area contributed by atoms with E-state index in [1.807, 2.05) is 12.1 Å². The van der Waals surface area contributed by atoms with E-state index in [1.54, 1.807) is 0 Å². The summed E-state index contributed by atoms with van der Waals surface area (Å²) in [4.78, 5) is 3.32. The summed E-state index contributed by atoms with van der Waals surface area (Å²) in [6.45, 7) is 9.12. The van der Waals surface area contributed by atoms with Crippen LogP contribution in [0.3, 0.4) is 0 Å². The molecule has 2 heteroatoms. The lowest BCUT2D eigenvalue weighted by Gasteiger charge is -2.40. The summed E-state index contributed by atoms with van der Waals surface area (Å²) in [6.07, 6.45) is 2.14. The van der Waals surface area contributed by atoms with Crippen LogP contribution in [0.25, 0.3) is 10.9 Å². The fourth-order valence-corrected chi connectivity index (χ4v) is 3.97. The smallest absolute Gasteiger partial charge is 0.147 e. The maximum atomic E-state index is 13.9. The third-order valence-electron chi connectivity index (χ3n) is 4.11. The molecule has 1 nitrogen and oxygen atoms in total. The Morgan fingerprint density at radius 2 is 1.89 bits per heavy atom. The van der Waals surface area contributed by atoms with Crippen molar-refractivity contribution in [2.45, 2.75) is 46.0 Å². The largest absolute Gasteiger partial charge is 0.356 e. The number of hydrogen-bond acceptors (Lipinski definition) is 0. The van der Waals surface area contributed by atoms with Gasteiger partial charge in [-0.1, -0.05) is 39.8 Å². The minimum Gasteiger partial charge on any atom is -0.356 e. The molecule has 3 rings (SSSR count). The van der Waals surface area contributed by atoms with Crippen molar-refractivity contribution >= 4 is 10.9 Å². The molecule has 0 aliphatic heterocycles. The quantitative estimate of drug-likeness (QED) is 0.700. The van der Waals surface area contributed by atoms with Gasteiger partial charge in [-0.3, -0.25) is 0 Å². The molecule has 0 amide bonds. The van der Waals surface area contributed by atoms with Gasteiger partial charge in [-0.05, 0) is 35.3 Å². The monoisotopic (exact) mass is 245 g/mol. The summed E-state index contributed by atoms with van der Waals surface area (Å²) < 4.78 is 13.9. The maximum Gasteiger partial charge on any atom is 0.147 e. The van der Waals surface area contributed by atoms with E-state index in [4.69, 9.17) is 0 Å². The van der Waals surface area contributed by atoms with E-state index in [-0.39, 0.29) is 16.6 Å². The molecule has 0 saturated heterocycles. The fourth-order valence-electron chi connectivity index (χ4n) is 3.97. The number of nitrogens with one attached hydrogen (secondary N) is 1. The van der Waals surface area contributed by atoms with E-state index in [9.17, 15) is 4.39 Å². The third-order valence-corrected chi connectivity index (χ3v) is 4.11. The minimum absolute atomic E-state index is 0.100. The van der Waals surface area contributed by atoms with E-state index in [0.717, 1.165) is 18.2 Å². The molecule has 0 atom stereocenters. The number of hydrogen-bond donors (Lipinski definition) is 1. The van der Waals surface area contributed by atoms with Crippen molar-refractivity contribution < 1.29 is 4.39 Å². The molecular formula is C16H20FN. The molecule has 1 aliphatic carbocycles. The van der Waals surface area contributed by atoms with Crippen molar-refractivity contribution in [3.63, 3.8) is 0 Å². The van der Waals surface area contributed by atoms with E-state index < -0.39 is 0 Å². The van der Waals surface area contributed by atoms with Crippen LogP contribution < -0.4 is 0 Å². The van der Waals surface area contributed by atoms with Crippen molar-refractivity contribution in [2.75, 3.05) is 0 Å². The van der Waals surface area contributed by atoms with Crippen LogP contribution >= 0.6 is 0 Å². The first-order chi connectivity index (χ1) is 8.30. The highest BCUT2D eigenvalue weighted by Crippen LogP contribution is 2.48. The molecule has 0 unspecified atom stereocenters. The summed E-state index contributed by atoms with van der Waals surface area (Å²) in [5, 5.41) is 1.06. The number of aromatic amines is 1. The SMILES string of the molecule is CC1(C)Cc2[nH]c3c(F)cccc3c2C(C)(C)C1. The minimum atomic E-state index is -0.143. The van der Waals surface area contributed by atoms with Gasteiger partial charge in [-0.25, -0.2) is 4.39 Å². The normalized spacial score (nSPS) is 20.9. The number of para-hydroxylation sites is 1. The van der Waals surface area contributed by atoms with E-state index in [0.29, 0.717) is 5.52 Å². The second-order valence-electron chi connectivity index (χ2n) is 7.04. The molecule has 2 aromatic rings. The predicted molar refractivity (Wildman–Crippen MR) is 73.4 cm³/mol. The van der Waals surface area contributed by atoms with Gasteiger partial charge in [0.25, 0.3) is 0 Å². The van der Waals surface area contributed by atoms with Crippen molar-refractivity contribution in [1.29, 1.82) is 0 Å². The van der Waals surface area contributed by atoms with Crippen molar-refractivity contribution in [1.82, 2.24) is 4.98 Å². The zero-order valence-corrected chi connectivity index (χ0v) is 11.5. The highest BCUT2D eigenvalue weighted by atomic mass is 19.1. The molecule has 1 aromatic heterocycles. The molecule has 0 spiro atoms. The van der Waals surface area contributed by atoms with Gasteiger partial charge in [0.1, 0.15) is 5.82 Å². The van der Waals surface area contributed by atoms with Crippen LogP contribution in [0.1, 0.15) is 45.4 Å². The van der Waals surface area contributed by atoms with Crippen molar-refractivity contribution in [2.24, 2.45) is 5.41 Å². The Morgan fingerprint density at radius 3 is 2.61 bits per heavy atom. The molecule has 0 bridgehead atoms. The Morgan fingerprint density at radius 1 is 1.17 bits per heavy atom. The molecular weight excluding hydrogens is 225 g/mol. The molecule has 18 heavy (non-hydrogen) atoms. The lowest BCUT2D eigenvalue weighted by atomic mass is 9.64. The van der Waals surface area contributed by atoms with E-state index in [1.165, 1.54) is 17.3 Å². The van der Waals surface area contributed by atoms with Crippen molar-refractivity contribution in [3.05, 3.63) is 35.3 Å². The topological polar surface area (TPSA) is 15.8 Å². The number of benzene rings is 1. The first-order valence-electron chi connectivity index (χ1n) is 6.60. The molecule has 96 valence electrons. The van der Waals surface area contributed by atoms with Crippen LogP contribution in [0.2, 0.25) is 0 Å². The second kappa shape index (κ2) is 3.37. The number of fused-ring (bicyclic) bond motifs is 3. The maximum absolute atomic E-state index is 13.9. The van der Waals surface area contributed by atoms with Gasteiger partial charge in [0, 0.05) is 11.1 Å². The molecule has 0 saturated carbocycles. The first kappa shape index (κ1) is 11.8. The average molecular weight is 245 g/mol. The second-order valence-corrected chi connectivity index (χ2v) is 7.04. The van der Waals surface area contributed by atoms with Crippen LogP contribution in [0.5, 0.6) is 0 Å². The molecule has 1 aromatic carbocycles. The van der Waals surface area contributed by atoms with Gasteiger partial charge < -0.3 is 4.98 Å². The van der Waals surface area contributed by atoms with E-state index >= 15 is 0 Å². The molecule has 1 aliphatic rings.